The smallest absolute Gasteiger partial charge is 0.0239 e. The molecule has 0 saturated carbocycles. The van der Waals surface area contributed by atoms with Crippen molar-refractivity contribution in [1.29, 1.82) is 0 Å². The van der Waals surface area contributed by atoms with E-state index in [1.165, 1.54) is 17.5 Å². The number of benzene rings is 1. The zero-order valence-electron chi connectivity index (χ0n) is 14.2. The van der Waals surface area contributed by atoms with Gasteiger partial charge in [0.2, 0.25) is 0 Å². The molecule has 0 aliphatic carbocycles. The number of nitrogens with zero attached hydrogens (tertiary/aromatic N) is 1. The molecule has 21 heavy (non-hydrogen) atoms. The molecule has 2 heteroatoms. The molecule has 0 aromatic heterocycles. The Morgan fingerprint density at radius 3 is 2.38 bits per heavy atom. The minimum atomic E-state index is 0.542. The van der Waals surface area contributed by atoms with Gasteiger partial charge in [-0.2, -0.15) is 0 Å². The van der Waals surface area contributed by atoms with Gasteiger partial charge in [0.25, 0.3) is 0 Å². The van der Waals surface area contributed by atoms with E-state index in [0.717, 1.165) is 26.2 Å². The molecule has 1 N–H and O–H groups in total. The summed E-state index contributed by atoms with van der Waals surface area (Å²) in [4.78, 5) is 2.42. The molecule has 118 valence electrons. The average molecular weight is 288 g/mol. The second-order valence-corrected chi connectivity index (χ2v) is 6.16. The maximum absolute atomic E-state index is 3.85. The minimum absolute atomic E-state index is 0.542. The van der Waals surface area contributed by atoms with E-state index in [4.69, 9.17) is 0 Å². The van der Waals surface area contributed by atoms with Gasteiger partial charge in [-0.1, -0.05) is 44.2 Å². The number of rotatable bonds is 10. The predicted octanol–water partition coefficient (Wildman–Crippen LogP) is 4.19. The number of hydrogen-bond donors (Lipinski definition) is 1. The molecule has 0 aliphatic heterocycles. The monoisotopic (exact) mass is 288 g/mol. The van der Waals surface area contributed by atoms with E-state index in [-0.39, 0.29) is 0 Å². The highest BCUT2D eigenvalue weighted by Gasteiger charge is 2.09. The van der Waals surface area contributed by atoms with Crippen molar-refractivity contribution in [2.24, 2.45) is 0 Å². The fourth-order valence-corrected chi connectivity index (χ4v) is 2.42. The Hall–Kier alpha value is -1.12. The molecule has 1 rings (SSSR count). The van der Waals surface area contributed by atoms with Crippen LogP contribution < -0.4 is 5.32 Å². The lowest BCUT2D eigenvalue weighted by molar-refractivity contribution is 0.237. The van der Waals surface area contributed by atoms with Gasteiger partial charge in [-0.15, -0.1) is 6.58 Å². The standard InChI is InChI=1S/C19H32N2/c1-6-12-20-14-17(5)19-10-8-18(9-11-19)15-21(13-7-2)16(3)4/h7-11,16-17,20H,2,6,12-15H2,1,3-5H3. The van der Waals surface area contributed by atoms with Crippen LogP contribution in [0.15, 0.2) is 36.9 Å². The molecular formula is C19H32N2. The van der Waals surface area contributed by atoms with Gasteiger partial charge in [0, 0.05) is 25.7 Å². The molecular weight excluding hydrogens is 256 g/mol. The van der Waals surface area contributed by atoms with Crippen molar-refractivity contribution in [3.63, 3.8) is 0 Å². The second-order valence-electron chi connectivity index (χ2n) is 6.16. The topological polar surface area (TPSA) is 15.3 Å². The van der Waals surface area contributed by atoms with Crippen molar-refractivity contribution >= 4 is 0 Å². The third-order valence-corrected chi connectivity index (χ3v) is 3.91. The molecule has 1 atom stereocenters. The number of hydrogen-bond acceptors (Lipinski definition) is 2. The third-order valence-electron chi connectivity index (χ3n) is 3.91. The molecule has 0 spiro atoms. The summed E-state index contributed by atoms with van der Waals surface area (Å²) in [5.41, 5.74) is 2.80. The first-order chi connectivity index (χ1) is 10.1. The van der Waals surface area contributed by atoms with E-state index in [1.54, 1.807) is 0 Å². The molecule has 0 heterocycles. The van der Waals surface area contributed by atoms with Gasteiger partial charge in [-0.25, -0.2) is 0 Å². The molecule has 1 aromatic carbocycles. The molecule has 1 aromatic rings. The predicted molar refractivity (Wildman–Crippen MR) is 93.8 cm³/mol. The largest absolute Gasteiger partial charge is 0.316 e. The Bertz CT molecular complexity index is 395. The maximum Gasteiger partial charge on any atom is 0.0239 e. The summed E-state index contributed by atoms with van der Waals surface area (Å²) in [6.07, 6.45) is 3.18. The van der Waals surface area contributed by atoms with E-state index in [1.807, 2.05) is 6.08 Å². The maximum atomic E-state index is 3.85. The van der Waals surface area contributed by atoms with E-state index < -0.39 is 0 Å². The van der Waals surface area contributed by atoms with Gasteiger partial charge < -0.3 is 5.32 Å². The van der Waals surface area contributed by atoms with E-state index in [2.05, 4.69) is 68.8 Å². The highest BCUT2D eigenvalue weighted by atomic mass is 15.1. The molecule has 0 saturated heterocycles. The van der Waals surface area contributed by atoms with Crippen LogP contribution in [0.2, 0.25) is 0 Å². The quantitative estimate of drug-likeness (QED) is 0.513. The van der Waals surface area contributed by atoms with Crippen molar-refractivity contribution in [2.75, 3.05) is 19.6 Å². The van der Waals surface area contributed by atoms with Gasteiger partial charge in [0.05, 0.1) is 0 Å². The summed E-state index contributed by atoms with van der Waals surface area (Å²) in [7, 11) is 0. The zero-order valence-corrected chi connectivity index (χ0v) is 14.2. The van der Waals surface area contributed by atoms with Crippen molar-refractivity contribution < 1.29 is 0 Å². The van der Waals surface area contributed by atoms with Crippen LogP contribution in [0.5, 0.6) is 0 Å². The molecule has 1 unspecified atom stereocenters. The summed E-state index contributed by atoms with van der Waals surface area (Å²) < 4.78 is 0. The lowest BCUT2D eigenvalue weighted by Crippen LogP contribution is -2.30. The van der Waals surface area contributed by atoms with Crippen LogP contribution >= 0.6 is 0 Å². The Morgan fingerprint density at radius 2 is 1.86 bits per heavy atom. The van der Waals surface area contributed by atoms with Crippen molar-refractivity contribution in [2.45, 2.75) is 52.6 Å². The SMILES string of the molecule is C=CCN(Cc1ccc(C(C)CNCCC)cc1)C(C)C. The lowest BCUT2D eigenvalue weighted by atomic mass is 9.99. The average Bonchev–Trinajstić information content (AvgIpc) is 2.47. The zero-order chi connectivity index (χ0) is 15.7. The van der Waals surface area contributed by atoms with Crippen LogP contribution in [-0.2, 0) is 6.54 Å². The number of nitrogens with one attached hydrogen (secondary N) is 1. The molecule has 0 radical (unpaired) electrons. The van der Waals surface area contributed by atoms with Crippen LogP contribution in [0, 0.1) is 0 Å². The van der Waals surface area contributed by atoms with Gasteiger partial charge in [0.1, 0.15) is 0 Å². The first-order valence-electron chi connectivity index (χ1n) is 8.23. The molecule has 0 bridgehead atoms. The molecule has 0 aliphatic rings. The molecule has 2 nitrogen and oxygen atoms in total. The van der Waals surface area contributed by atoms with Gasteiger partial charge >= 0.3 is 0 Å². The van der Waals surface area contributed by atoms with Gasteiger partial charge in [-0.3, -0.25) is 4.90 Å². The Labute approximate surface area is 131 Å². The first kappa shape index (κ1) is 17.9. The highest BCUT2D eigenvalue weighted by molar-refractivity contribution is 5.25. The summed E-state index contributed by atoms with van der Waals surface area (Å²) >= 11 is 0. The summed E-state index contributed by atoms with van der Waals surface area (Å²) in [5, 5.41) is 3.49. The first-order valence-corrected chi connectivity index (χ1v) is 8.23. The van der Waals surface area contributed by atoms with Gasteiger partial charge in [-0.05, 0) is 43.9 Å². The van der Waals surface area contributed by atoms with Crippen LogP contribution in [0.1, 0.15) is 51.2 Å². The van der Waals surface area contributed by atoms with E-state index in [0.29, 0.717) is 12.0 Å². The Balaban J connectivity index is 2.58. The Morgan fingerprint density at radius 1 is 1.19 bits per heavy atom. The van der Waals surface area contributed by atoms with Crippen LogP contribution in [-0.4, -0.2) is 30.6 Å². The van der Waals surface area contributed by atoms with Crippen molar-refractivity contribution in [3.8, 4) is 0 Å². The summed E-state index contributed by atoms with van der Waals surface area (Å²) in [6.45, 7) is 16.9. The van der Waals surface area contributed by atoms with Crippen molar-refractivity contribution in [3.05, 3.63) is 48.0 Å². The van der Waals surface area contributed by atoms with Gasteiger partial charge in [0.15, 0.2) is 0 Å². The lowest BCUT2D eigenvalue weighted by Gasteiger charge is -2.25. The fourth-order valence-electron chi connectivity index (χ4n) is 2.42. The highest BCUT2D eigenvalue weighted by Crippen LogP contribution is 2.16. The molecule has 0 amide bonds. The van der Waals surface area contributed by atoms with E-state index in [9.17, 15) is 0 Å². The molecule has 0 fully saturated rings. The van der Waals surface area contributed by atoms with Crippen molar-refractivity contribution in [1.82, 2.24) is 10.2 Å². The minimum Gasteiger partial charge on any atom is -0.316 e. The summed E-state index contributed by atoms with van der Waals surface area (Å²) in [6, 6.07) is 9.63. The van der Waals surface area contributed by atoms with Crippen LogP contribution in [0.3, 0.4) is 0 Å². The van der Waals surface area contributed by atoms with E-state index >= 15 is 0 Å². The summed E-state index contributed by atoms with van der Waals surface area (Å²) in [5.74, 6) is 0.569. The second kappa shape index (κ2) is 9.75. The fraction of sp³-hybridized carbons (Fsp3) is 0.579. The normalized spacial score (nSPS) is 12.9. The third kappa shape index (κ3) is 6.45. The van der Waals surface area contributed by atoms with Crippen LogP contribution in [0.25, 0.3) is 0 Å². The Kier molecular flexibility index (Phi) is 8.33. The van der Waals surface area contributed by atoms with Crippen LogP contribution in [0.4, 0.5) is 0 Å².